The molecular weight excluding hydrogens is 825 g/mol. The molecule has 0 aliphatic carbocycles. The first-order chi connectivity index (χ1) is 30.3. The summed E-state index contributed by atoms with van der Waals surface area (Å²) in [5.41, 5.74) is -0.468. The minimum Gasteiger partial charge on any atom is -0.480 e. The number of ether oxygens (including phenoxy) is 2. The number of aliphatic carboxylic acids is 1. The summed E-state index contributed by atoms with van der Waals surface area (Å²) in [7, 11) is 4.62. The Labute approximate surface area is 377 Å². The summed E-state index contributed by atoms with van der Waals surface area (Å²) >= 11 is 0. The minimum atomic E-state index is -1.23. The lowest BCUT2D eigenvalue weighted by Gasteiger charge is -2.41. The number of methoxy groups -OCH3 is 2. The predicted molar refractivity (Wildman–Crippen MR) is 237 cm³/mol. The molecule has 2 saturated heterocycles. The first-order valence-corrected chi connectivity index (χ1v) is 22.6. The van der Waals surface area contributed by atoms with Crippen LogP contribution in [0.3, 0.4) is 0 Å². The lowest BCUT2D eigenvalue weighted by molar-refractivity contribution is -0.150. The number of hydrogen-bond donors (Lipinski definition) is 3. The van der Waals surface area contributed by atoms with E-state index in [0.717, 1.165) is 10.5 Å². The van der Waals surface area contributed by atoms with Gasteiger partial charge in [0.25, 0.3) is 11.8 Å². The van der Waals surface area contributed by atoms with Crippen molar-refractivity contribution < 1.29 is 52.9 Å². The summed E-state index contributed by atoms with van der Waals surface area (Å²) in [5.74, 6) is -5.15. The van der Waals surface area contributed by atoms with Crippen molar-refractivity contribution in [3.63, 3.8) is 0 Å². The fourth-order valence-corrected chi connectivity index (χ4v) is 9.46. The van der Waals surface area contributed by atoms with Crippen molar-refractivity contribution >= 4 is 47.3 Å². The normalized spacial score (nSPS) is 21.9. The lowest BCUT2D eigenvalue weighted by atomic mass is 9.89. The quantitative estimate of drug-likeness (QED) is 0.136. The molecule has 17 nitrogen and oxygen atoms in total. The van der Waals surface area contributed by atoms with E-state index in [-0.39, 0.29) is 61.8 Å². The summed E-state index contributed by atoms with van der Waals surface area (Å²) in [6.07, 6.45) is 4.04. The number of likely N-dealkylation sites (N-methyl/N-ethyl adjacent to an activating group) is 1. The Morgan fingerprint density at radius 1 is 0.922 bits per heavy atom. The Morgan fingerprint density at radius 3 is 2.16 bits per heavy atom. The monoisotopic (exact) mass is 895 g/mol. The third-order valence-electron chi connectivity index (χ3n) is 13.5. The number of rotatable bonds is 23. The van der Waals surface area contributed by atoms with Gasteiger partial charge < -0.3 is 39.9 Å². The Balaban J connectivity index is 1.44. The van der Waals surface area contributed by atoms with Crippen molar-refractivity contribution in [1.29, 1.82) is 0 Å². The molecule has 7 amide bonds. The number of imide groups is 1. The van der Waals surface area contributed by atoms with Gasteiger partial charge in [-0.15, -0.1) is 0 Å². The standard InChI is InChI=1S/C47H70N6O11/c1-10-30(4)41(50(7)44(59)40(29(2)3)49-46(62)47(6)23-16-26-53(47)38(56)20-15-25-52-36(54)21-22-37(52)55)35(63-8)28-39(57)51-24-14-19-34(51)42(64-9)31(5)43(58)48-33(45(60)61)27-32-17-12-11-13-18-32/h11-13,17-18,21-22,29-31,33-35,40-42H,10,14-16,19-20,23-28H2,1-9H3,(H,48,58)(H,49,62)(H,60,61)/t30?,31?,33?,34-,35?,40?,41?,42?,47-/m0/s1. The van der Waals surface area contributed by atoms with E-state index in [1.165, 1.54) is 31.3 Å². The highest BCUT2D eigenvalue weighted by atomic mass is 16.5. The fraction of sp³-hybridized carbons (Fsp3) is 0.660. The Bertz CT molecular complexity index is 1860. The predicted octanol–water partition coefficient (Wildman–Crippen LogP) is 2.95. The van der Waals surface area contributed by atoms with E-state index in [4.69, 9.17) is 9.47 Å². The smallest absolute Gasteiger partial charge is 0.326 e. The second-order valence-electron chi connectivity index (χ2n) is 18.1. The van der Waals surface area contributed by atoms with Gasteiger partial charge in [0.15, 0.2) is 0 Å². The van der Waals surface area contributed by atoms with Gasteiger partial charge in [0, 0.05) is 65.9 Å². The number of nitrogens with zero attached hydrogens (tertiary/aromatic N) is 4. The molecule has 2 fully saturated rings. The van der Waals surface area contributed by atoms with Crippen LogP contribution in [0.15, 0.2) is 42.5 Å². The van der Waals surface area contributed by atoms with E-state index >= 15 is 0 Å². The van der Waals surface area contributed by atoms with E-state index in [9.17, 15) is 43.5 Å². The topological polar surface area (TPSA) is 212 Å². The first kappa shape index (κ1) is 51.5. The molecule has 3 heterocycles. The molecule has 7 unspecified atom stereocenters. The number of likely N-dealkylation sites (tertiary alicyclic amines) is 2. The molecule has 3 aliphatic heterocycles. The first-order valence-electron chi connectivity index (χ1n) is 22.6. The van der Waals surface area contributed by atoms with Gasteiger partial charge in [0.05, 0.1) is 36.6 Å². The summed E-state index contributed by atoms with van der Waals surface area (Å²) in [6, 6.07) is 5.83. The Morgan fingerprint density at radius 2 is 1.58 bits per heavy atom. The van der Waals surface area contributed by atoms with Gasteiger partial charge in [-0.05, 0) is 56.4 Å². The van der Waals surface area contributed by atoms with Gasteiger partial charge in [0.2, 0.25) is 29.5 Å². The van der Waals surface area contributed by atoms with Crippen LogP contribution in [0.1, 0.15) is 98.5 Å². The average Bonchev–Trinajstić information content (AvgIpc) is 4.00. The van der Waals surface area contributed by atoms with Crippen LogP contribution in [0.2, 0.25) is 0 Å². The Hall–Kier alpha value is -5.16. The molecular formula is C47H70N6O11. The minimum absolute atomic E-state index is 0.0317. The van der Waals surface area contributed by atoms with Crippen LogP contribution in [-0.2, 0) is 54.3 Å². The van der Waals surface area contributed by atoms with Crippen LogP contribution < -0.4 is 10.6 Å². The zero-order valence-corrected chi connectivity index (χ0v) is 39.0. The van der Waals surface area contributed by atoms with Gasteiger partial charge >= 0.3 is 5.97 Å². The molecule has 0 aromatic heterocycles. The third kappa shape index (κ3) is 12.1. The van der Waals surface area contributed by atoms with E-state index in [2.05, 4.69) is 10.6 Å². The second-order valence-corrected chi connectivity index (χ2v) is 18.1. The fourth-order valence-electron chi connectivity index (χ4n) is 9.46. The summed E-state index contributed by atoms with van der Waals surface area (Å²) in [4.78, 5) is 112. The van der Waals surface area contributed by atoms with Gasteiger partial charge in [-0.3, -0.25) is 38.5 Å². The average molecular weight is 895 g/mol. The molecule has 1 aromatic rings. The molecule has 64 heavy (non-hydrogen) atoms. The Kier molecular flexibility index (Phi) is 18.6. The van der Waals surface area contributed by atoms with Gasteiger partial charge in [-0.2, -0.15) is 0 Å². The third-order valence-corrected chi connectivity index (χ3v) is 13.5. The number of hydrogen-bond acceptors (Lipinski definition) is 10. The van der Waals surface area contributed by atoms with E-state index in [1.807, 2.05) is 33.8 Å². The molecule has 354 valence electrons. The second kappa shape index (κ2) is 23.2. The summed E-state index contributed by atoms with van der Waals surface area (Å²) in [5, 5.41) is 15.6. The maximum atomic E-state index is 14.6. The molecule has 9 atom stereocenters. The van der Waals surface area contributed by atoms with Gasteiger partial charge in [-0.25, -0.2) is 4.79 Å². The zero-order chi connectivity index (χ0) is 47.5. The lowest BCUT2D eigenvalue weighted by Crippen LogP contribution is -2.62. The van der Waals surface area contributed by atoms with Crippen LogP contribution in [0.25, 0.3) is 0 Å². The van der Waals surface area contributed by atoms with Crippen LogP contribution in [0.5, 0.6) is 0 Å². The van der Waals surface area contributed by atoms with Gasteiger partial charge in [0.1, 0.15) is 17.6 Å². The maximum absolute atomic E-state index is 14.6. The number of carboxylic acids is 1. The molecule has 0 saturated carbocycles. The van der Waals surface area contributed by atoms with Crippen LogP contribution in [-0.4, -0.2) is 155 Å². The molecule has 1 aromatic carbocycles. The molecule has 17 heteroatoms. The molecule has 0 spiro atoms. The number of nitrogens with one attached hydrogen (secondary N) is 2. The number of carbonyl (C=O) groups is 8. The number of amides is 7. The van der Waals surface area contributed by atoms with E-state index < -0.39 is 77.4 Å². The van der Waals surface area contributed by atoms with Crippen molar-refractivity contribution in [1.82, 2.24) is 30.2 Å². The van der Waals surface area contributed by atoms with Crippen LogP contribution in [0.4, 0.5) is 0 Å². The SMILES string of the molecule is CCC(C)C(C(CC(=O)N1CCC[C@H]1C(OC)C(C)C(=O)NC(Cc1ccccc1)C(=O)O)OC)N(C)C(=O)C(NC(=O)[C@]1(C)CCCN1C(=O)CCCN1C(=O)C=CC1=O)C(C)C. The zero-order valence-electron chi connectivity index (χ0n) is 39.0. The number of carbonyl (C=O) groups excluding carboxylic acids is 7. The van der Waals surface area contributed by atoms with Crippen molar-refractivity contribution in [3.05, 3.63) is 48.0 Å². The molecule has 3 N–H and O–H groups in total. The highest BCUT2D eigenvalue weighted by Gasteiger charge is 2.48. The summed E-state index contributed by atoms with van der Waals surface area (Å²) < 4.78 is 11.9. The van der Waals surface area contributed by atoms with Crippen molar-refractivity contribution in [2.75, 3.05) is 40.9 Å². The van der Waals surface area contributed by atoms with Gasteiger partial charge in [-0.1, -0.05) is 71.4 Å². The highest BCUT2D eigenvalue weighted by molar-refractivity contribution is 6.12. The maximum Gasteiger partial charge on any atom is 0.326 e. The van der Waals surface area contributed by atoms with Crippen molar-refractivity contribution in [2.24, 2.45) is 17.8 Å². The van der Waals surface area contributed by atoms with Crippen molar-refractivity contribution in [2.45, 2.75) is 141 Å². The molecule has 4 rings (SSSR count). The number of carboxylic acid groups (broad SMARTS) is 1. The number of benzene rings is 1. The summed E-state index contributed by atoms with van der Waals surface area (Å²) in [6.45, 7) is 11.8. The van der Waals surface area contributed by atoms with E-state index in [0.29, 0.717) is 45.2 Å². The highest BCUT2D eigenvalue weighted by Crippen LogP contribution is 2.32. The van der Waals surface area contributed by atoms with Crippen LogP contribution >= 0.6 is 0 Å². The van der Waals surface area contributed by atoms with Crippen molar-refractivity contribution in [3.8, 4) is 0 Å². The molecule has 0 bridgehead atoms. The largest absolute Gasteiger partial charge is 0.480 e. The van der Waals surface area contributed by atoms with E-state index in [1.54, 1.807) is 55.0 Å². The molecule has 3 aliphatic rings. The molecule has 0 radical (unpaired) electrons. The van der Waals surface area contributed by atoms with Crippen LogP contribution in [0, 0.1) is 17.8 Å².